The lowest BCUT2D eigenvalue weighted by atomic mass is 10.2. The lowest BCUT2D eigenvalue weighted by molar-refractivity contribution is 0.523. The highest BCUT2D eigenvalue weighted by Crippen LogP contribution is 2.17. The van der Waals surface area contributed by atoms with E-state index in [9.17, 15) is 0 Å². The molecule has 0 amide bonds. The number of hydrogen-bond donors (Lipinski definition) is 1. The molecule has 0 atom stereocenters. The van der Waals surface area contributed by atoms with E-state index in [4.69, 9.17) is 0 Å². The van der Waals surface area contributed by atoms with Gasteiger partial charge < -0.3 is 5.32 Å². The standard InChI is InChI=1S/C8H17N.C2H6/c1-2-7-9-8-5-3-4-6-8;1-2/h8-9H,2-7H2,1H3;1-2H3. The van der Waals surface area contributed by atoms with Gasteiger partial charge in [0.05, 0.1) is 0 Å². The Morgan fingerprint density at radius 2 is 1.73 bits per heavy atom. The minimum Gasteiger partial charge on any atom is -0.314 e. The largest absolute Gasteiger partial charge is 0.314 e. The van der Waals surface area contributed by atoms with Crippen LogP contribution in [0.1, 0.15) is 52.9 Å². The van der Waals surface area contributed by atoms with Gasteiger partial charge >= 0.3 is 0 Å². The Balaban J connectivity index is 0.000000461. The highest BCUT2D eigenvalue weighted by atomic mass is 14.9. The third-order valence-electron chi connectivity index (χ3n) is 2.04. The molecule has 0 aliphatic heterocycles. The highest BCUT2D eigenvalue weighted by molar-refractivity contribution is 4.72. The summed E-state index contributed by atoms with van der Waals surface area (Å²) < 4.78 is 0. The van der Waals surface area contributed by atoms with Crippen molar-refractivity contribution in [1.29, 1.82) is 0 Å². The Bertz CT molecular complexity index is 65.3. The van der Waals surface area contributed by atoms with Crippen LogP contribution in [0.4, 0.5) is 0 Å². The van der Waals surface area contributed by atoms with E-state index in [1.165, 1.54) is 38.6 Å². The zero-order valence-electron chi connectivity index (χ0n) is 8.32. The second-order valence-electron chi connectivity index (χ2n) is 2.94. The molecule has 0 aromatic heterocycles. The molecule has 11 heavy (non-hydrogen) atoms. The minimum atomic E-state index is 0.866. The van der Waals surface area contributed by atoms with Gasteiger partial charge in [-0.25, -0.2) is 0 Å². The molecule has 1 nitrogen and oxygen atoms in total. The fourth-order valence-electron chi connectivity index (χ4n) is 1.48. The summed E-state index contributed by atoms with van der Waals surface area (Å²) in [6, 6.07) is 0.866. The summed E-state index contributed by atoms with van der Waals surface area (Å²) in [5.41, 5.74) is 0. The monoisotopic (exact) mass is 157 g/mol. The van der Waals surface area contributed by atoms with E-state index >= 15 is 0 Å². The van der Waals surface area contributed by atoms with Crippen LogP contribution in [0.15, 0.2) is 0 Å². The SMILES string of the molecule is CC.CCCNC1CCCC1. The normalized spacial score (nSPS) is 17.7. The molecule has 0 radical (unpaired) electrons. The Morgan fingerprint density at radius 3 is 2.18 bits per heavy atom. The van der Waals surface area contributed by atoms with E-state index in [0.29, 0.717) is 0 Å². The van der Waals surface area contributed by atoms with Crippen molar-refractivity contribution in [1.82, 2.24) is 5.32 Å². The second kappa shape index (κ2) is 8.06. The van der Waals surface area contributed by atoms with E-state index < -0.39 is 0 Å². The second-order valence-corrected chi connectivity index (χ2v) is 2.94. The molecule has 0 bridgehead atoms. The summed E-state index contributed by atoms with van der Waals surface area (Å²) in [5, 5.41) is 3.53. The van der Waals surface area contributed by atoms with Crippen LogP contribution in [0.5, 0.6) is 0 Å². The minimum absolute atomic E-state index is 0.866. The maximum absolute atomic E-state index is 3.53. The van der Waals surface area contributed by atoms with E-state index in [1.807, 2.05) is 13.8 Å². The summed E-state index contributed by atoms with van der Waals surface area (Å²) in [6.07, 6.45) is 7.00. The molecule has 1 aliphatic carbocycles. The summed E-state index contributed by atoms with van der Waals surface area (Å²) >= 11 is 0. The molecule has 1 fully saturated rings. The Hall–Kier alpha value is -0.0400. The van der Waals surface area contributed by atoms with Crippen LogP contribution in [0.25, 0.3) is 0 Å². The van der Waals surface area contributed by atoms with Gasteiger partial charge in [0.15, 0.2) is 0 Å². The van der Waals surface area contributed by atoms with Gasteiger partial charge in [-0.3, -0.25) is 0 Å². The lowest BCUT2D eigenvalue weighted by Gasteiger charge is -2.09. The maximum atomic E-state index is 3.53. The van der Waals surface area contributed by atoms with Crippen molar-refractivity contribution in [2.75, 3.05) is 6.54 Å². The fraction of sp³-hybridized carbons (Fsp3) is 1.00. The van der Waals surface area contributed by atoms with E-state index in [1.54, 1.807) is 0 Å². The molecule has 1 saturated carbocycles. The van der Waals surface area contributed by atoms with Gasteiger partial charge in [-0.1, -0.05) is 33.6 Å². The van der Waals surface area contributed by atoms with Crippen LogP contribution in [-0.2, 0) is 0 Å². The average Bonchev–Trinajstić information content (AvgIpc) is 2.57. The van der Waals surface area contributed by atoms with Crippen LogP contribution in [0.3, 0.4) is 0 Å². The van der Waals surface area contributed by atoms with Gasteiger partial charge in [0.1, 0.15) is 0 Å². The third kappa shape index (κ3) is 5.25. The number of rotatable bonds is 3. The highest BCUT2D eigenvalue weighted by Gasteiger charge is 2.12. The Morgan fingerprint density at radius 1 is 1.18 bits per heavy atom. The first-order valence-corrected chi connectivity index (χ1v) is 5.17. The van der Waals surface area contributed by atoms with E-state index in [-0.39, 0.29) is 0 Å². The maximum Gasteiger partial charge on any atom is 0.00670 e. The van der Waals surface area contributed by atoms with Crippen LogP contribution in [0.2, 0.25) is 0 Å². The van der Waals surface area contributed by atoms with Crippen molar-refractivity contribution >= 4 is 0 Å². The molecule has 0 aromatic carbocycles. The van der Waals surface area contributed by atoms with E-state index in [0.717, 1.165) is 6.04 Å². The lowest BCUT2D eigenvalue weighted by Crippen LogP contribution is -2.26. The van der Waals surface area contributed by atoms with Crippen molar-refractivity contribution in [3.8, 4) is 0 Å². The van der Waals surface area contributed by atoms with Crippen LogP contribution in [-0.4, -0.2) is 12.6 Å². The predicted molar refractivity (Wildman–Crippen MR) is 51.9 cm³/mol. The summed E-state index contributed by atoms with van der Waals surface area (Å²) in [6.45, 7) is 7.44. The van der Waals surface area contributed by atoms with Crippen LogP contribution >= 0.6 is 0 Å². The molecule has 0 aromatic rings. The molecule has 1 aliphatic rings. The zero-order chi connectivity index (χ0) is 8.53. The molecule has 0 heterocycles. The quantitative estimate of drug-likeness (QED) is 0.664. The number of hydrogen-bond acceptors (Lipinski definition) is 1. The first-order chi connectivity index (χ1) is 5.43. The molecule has 68 valence electrons. The van der Waals surface area contributed by atoms with Gasteiger partial charge in [0.2, 0.25) is 0 Å². The molecule has 1 rings (SSSR count). The van der Waals surface area contributed by atoms with Gasteiger partial charge in [-0.2, -0.15) is 0 Å². The van der Waals surface area contributed by atoms with Crippen molar-refractivity contribution in [2.24, 2.45) is 0 Å². The molecular formula is C10H23N. The van der Waals surface area contributed by atoms with Gasteiger partial charge in [-0.15, -0.1) is 0 Å². The van der Waals surface area contributed by atoms with Gasteiger partial charge in [0.25, 0.3) is 0 Å². The van der Waals surface area contributed by atoms with E-state index in [2.05, 4.69) is 12.2 Å². The first-order valence-electron chi connectivity index (χ1n) is 5.17. The van der Waals surface area contributed by atoms with Crippen LogP contribution < -0.4 is 5.32 Å². The van der Waals surface area contributed by atoms with Crippen molar-refractivity contribution in [2.45, 2.75) is 58.9 Å². The van der Waals surface area contributed by atoms with Gasteiger partial charge in [-0.05, 0) is 25.8 Å². The fourth-order valence-corrected chi connectivity index (χ4v) is 1.48. The predicted octanol–water partition coefficient (Wildman–Crippen LogP) is 2.95. The van der Waals surface area contributed by atoms with Gasteiger partial charge in [0, 0.05) is 6.04 Å². The average molecular weight is 157 g/mol. The first kappa shape index (κ1) is 11.0. The molecule has 0 saturated heterocycles. The van der Waals surface area contributed by atoms with Crippen molar-refractivity contribution in [3.05, 3.63) is 0 Å². The third-order valence-corrected chi connectivity index (χ3v) is 2.04. The smallest absolute Gasteiger partial charge is 0.00670 e. The molecule has 0 unspecified atom stereocenters. The van der Waals surface area contributed by atoms with Crippen molar-refractivity contribution < 1.29 is 0 Å². The molecular weight excluding hydrogens is 134 g/mol. The summed E-state index contributed by atoms with van der Waals surface area (Å²) in [7, 11) is 0. The Kier molecular flexibility index (Phi) is 8.03. The Labute approximate surface area is 71.6 Å². The van der Waals surface area contributed by atoms with Crippen molar-refractivity contribution in [3.63, 3.8) is 0 Å². The molecule has 1 N–H and O–H groups in total. The molecule has 0 spiro atoms. The molecule has 1 heteroatoms. The zero-order valence-corrected chi connectivity index (χ0v) is 8.32. The topological polar surface area (TPSA) is 12.0 Å². The summed E-state index contributed by atoms with van der Waals surface area (Å²) in [5.74, 6) is 0. The summed E-state index contributed by atoms with van der Waals surface area (Å²) in [4.78, 5) is 0. The van der Waals surface area contributed by atoms with Crippen LogP contribution in [0, 0.1) is 0 Å². The number of nitrogens with one attached hydrogen (secondary N) is 1.